The van der Waals surface area contributed by atoms with Crippen LogP contribution in [0.5, 0.6) is 0 Å². The second-order valence-corrected chi connectivity index (χ2v) is 6.53. The van der Waals surface area contributed by atoms with E-state index in [0.717, 1.165) is 32.4 Å². The Balaban J connectivity index is 2.41. The highest BCUT2D eigenvalue weighted by molar-refractivity contribution is 6.29. The minimum absolute atomic E-state index is 0.213. The molecule has 0 radical (unpaired) electrons. The van der Waals surface area contributed by atoms with Gasteiger partial charge in [-0.05, 0) is 40.0 Å². The van der Waals surface area contributed by atoms with Gasteiger partial charge in [-0.25, -0.2) is 4.79 Å². The maximum Gasteiger partial charge on any atom is 0.410 e. The molecule has 1 heterocycles. The number of amides is 1. The second kappa shape index (κ2) is 7.15. The van der Waals surface area contributed by atoms with Crippen LogP contribution in [0.3, 0.4) is 0 Å². The van der Waals surface area contributed by atoms with Gasteiger partial charge >= 0.3 is 6.09 Å². The number of carbonyl (C=O) groups is 1. The summed E-state index contributed by atoms with van der Waals surface area (Å²) in [7, 11) is 0. The van der Waals surface area contributed by atoms with Gasteiger partial charge in [-0.3, -0.25) is 0 Å². The fourth-order valence-corrected chi connectivity index (χ4v) is 2.14. The van der Waals surface area contributed by atoms with Gasteiger partial charge in [-0.2, -0.15) is 0 Å². The van der Waals surface area contributed by atoms with Crippen LogP contribution in [0.15, 0.2) is 11.6 Å². The van der Waals surface area contributed by atoms with Crippen molar-refractivity contribution < 1.29 is 9.53 Å². The molecule has 0 aromatic carbocycles. The number of hydrogen-bond donors (Lipinski definition) is 1. The van der Waals surface area contributed by atoms with Crippen LogP contribution in [0.2, 0.25) is 0 Å². The van der Waals surface area contributed by atoms with E-state index in [2.05, 4.69) is 11.9 Å². The SMILES string of the molecule is C=C(Cl)CNC1CCCN(C(=O)OC(C)(C)C)CC1. The van der Waals surface area contributed by atoms with Crippen molar-refractivity contribution in [1.82, 2.24) is 10.2 Å². The van der Waals surface area contributed by atoms with Crippen molar-refractivity contribution in [3.63, 3.8) is 0 Å². The summed E-state index contributed by atoms with van der Waals surface area (Å²) in [4.78, 5) is 13.8. The molecule has 0 bridgehead atoms. The highest BCUT2D eigenvalue weighted by Crippen LogP contribution is 2.15. The van der Waals surface area contributed by atoms with E-state index < -0.39 is 5.60 Å². The first-order valence-electron chi connectivity index (χ1n) is 6.82. The number of likely N-dealkylation sites (tertiary alicyclic amines) is 1. The first-order valence-corrected chi connectivity index (χ1v) is 7.20. The monoisotopic (exact) mass is 288 g/mol. The molecule has 4 nitrogen and oxygen atoms in total. The van der Waals surface area contributed by atoms with Gasteiger partial charge in [-0.1, -0.05) is 18.2 Å². The fourth-order valence-electron chi connectivity index (χ4n) is 2.06. The molecule has 0 saturated carbocycles. The molecular weight excluding hydrogens is 264 g/mol. The summed E-state index contributed by atoms with van der Waals surface area (Å²) < 4.78 is 5.40. The van der Waals surface area contributed by atoms with Crippen molar-refractivity contribution in [2.24, 2.45) is 0 Å². The quantitative estimate of drug-likeness (QED) is 0.867. The molecule has 0 aromatic heterocycles. The van der Waals surface area contributed by atoms with Gasteiger partial charge in [0.1, 0.15) is 5.60 Å². The van der Waals surface area contributed by atoms with E-state index in [4.69, 9.17) is 16.3 Å². The average molecular weight is 289 g/mol. The summed E-state index contributed by atoms with van der Waals surface area (Å²) in [6.07, 6.45) is 2.73. The number of nitrogens with one attached hydrogen (secondary N) is 1. The number of halogens is 1. The van der Waals surface area contributed by atoms with Gasteiger partial charge in [-0.15, -0.1) is 0 Å². The molecule has 1 amide bonds. The largest absolute Gasteiger partial charge is 0.444 e. The van der Waals surface area contributed by atoms with E-state index in [9.17, 15) is 4.79 Å². The Morgan fingerprint density at radius 3 is 2.68 bits per heavy atom. The zero-order chi connectivity index (χ0) is 14.5. The Morgan fingerprint density at radius 2 is 2.11 bits per heavy atom. The van der Waals surface area contributed by atoms with E-state index in [-0.39, 0.29) is 6.09 Å². The summed E-state index contributed by atoms with van der Waals surface area (Å²) in [6.45, 7) is 11.4. The summed E-state index contributed by atoms with van der Waals surface area (Å²) in [6, 6.07) is 0.392. The van der Waals surface area contributed by atoms with Gasteiger partial charge in [0.15, 0.2) is 0 Å². The Kier molecular flexibility index (Phi) is 6.14. The van der Waals surface area contributed by atoms with Crippen molar-refractivity contribution in [3.05, 3.63) is 11.6 Å². The minimum atomic E-state index is -0.433. The van der Waals surface area contributed by atoms with Gasteiger partial charge in [0.25, 0.3) is 0 Å². The molecule has 0 spiro atoms. The molecular formula is C14H25ClN2O2. The van der Waals surface area contributed by atoms with E-state index in [1.807, 2.05) is 20.8 Å². The Bertz CT molecular complexity index is 326. The van der Waals surface area contributed by atoms with Gasteiger partial charge < -0.3 is 15.0 Å². The van der Waals surface area contributed by atoms with Crippen molar-refractivity contribution in [2.45, 2.75) is 51.7 Å². The van der Waals surface area contributed by atoms with E-state index in [1.54, 1.807) is 4.90 Å². The van der Waals surface area contributed by atoms with E-state index in [0.29, 0.717) is 17.6 Å². The molecule has 1 N–H and O–H groups in total. The van der Waals surface area contributed by atoms with Crippen molar-refractivity contribution in [2.75, 3.05) is 19.6 Å². The van der Waals surface area contributed by atoms with Crippen molar-refractivity contribution in [3.8, 4) is 0 Å². The van der Waals surface area contributed by atoms with Gasteiger partial charge in [0.05, 0.1) is 0 Å². The number of rotatable bonds is 3. The smallest absolute Gasteiger partial charge is 0.410 e. The second-order valence-electron chi connectivity index (χ2n) is 5.99. The molecule has 1 rings (SSSR count). The minimum Gasteiger partial charge on any atom is -0.444 e. The van der Waals surface area contributed by atoms with Crippen LogP contribution in [0.1, 0.15) is 40.0 Å². The maximum atomic E-state index is 12.0. The summed E-state index contributed by atoms with van der Waals surface area (Å²) in [5.74, 6) is 0. The first-order chi connectivity index (χ1) is 8.78. The van der Waals surface area contributed by atoms with Crippen LogP contribution < -0.4 is 5.32 Å². The molecule has 1 unspecified atom stereocenters. The number of hydrogen-bond acceptors (Lipinski definition) is 3. The summed E-state index contributed by atoms with van der Waals surface area (Å²) in [5.41, 5.74) is -0.433. The average Bonchev–Trinajstić information content (AvgIpc) is 2.49. The van der Waals surface area contributed by atoms with Gasteiger partial charge in [0.2, 0.25) is 0 Å². The summed E-state index contributed by atoms with van der Waals surface area (Å²) in [5, 5.41) is 3.98. The third-order valence-corrected chi connectivity index (χ3v) is 3.10. The lowest BCUT2D eigenvalue weighted by Crippen LogP contribution is -2.38. The molecule has 5 heteroatoms. The van der Waals surface area contributed by atoms with E-state index in [1.165, 1.54) is 0 Å². The normalized spacial score (nSPS) is 20.8. The standard InChI is InChI=1S/C14H25ClN2O2/c1-11(15)10-16-12-6-5-8-17(9-7-12)13(18)19-14(2,3)4/h12,16H,1,5-10H2,2-4H3. The summed E-state index contributed by atoms with van der Waals surface area (Å²) >= 11 is 5.75. The third kappa shape index (κ3) is 6.83. The molecule has 1 fully saturated rings. The zero-order valence-corrected chi connectivity index (χ0v) is 12.9. The van der Waals surface area contributed by atoms with Crippen LogP contribution >= 0.6 is 11.6 Å². The van der Waals surface area contributed by atoms with Crippen LogP contribution in [-0.4, -0.2) is 42.3 Å². The van der Waals surface area contributed by atoms with Crippen LogP contribution in [-0.2, 0) is 4.74 Å². The molecule has 1 aliphatic heterocycles. The number of nitrogens with zero attached hydrogens (tertiary/aromatic N) is 1. The lowest BCUT2D eigenvalue weighted by molar-refractivity contribution is 0.0256. The number of ether oxygens (including phenoxy) is 1. The lowest BCUT2D eigenvalue weighted by Gasteiger charge is -2.26. The molecule has 1 aliphatic rings. The predicted molar refractivity (Wildman–Crippen MR) is 78.4 cm³/mol. The Hall–Kier alpha value is -0.740. The van der Waals surface area contributed by atoms with Crippen LogP contribution in [0.25, 0.3) is 0 Å². The highest BCUT2D eigenvalue weighted by atomic mass is 35.5. The number of carbonyl (C=O) groups excluding carboxylic acids is 1. The fraction of sp³-hybridized carbons (Fsp3) is 0.786. The first kappa shape index (κ1) is 16.3. The topological polar surface area (TPSA) is 41.6 Å². The molecule has 0 aliphatic carbocycles. The molecule has 1 saturated heterocycles. The van der Waals surface area contributed by atoms with Crippen molar-refractivity contribution >= 4 is 17.7 Å². The van der Waals surface area contributed by atoms with Crippen LogP contribution in [0, 0.1) is 0 Å². The molecule has 0 aromatic rings. The van der Waals surface area contributed by atoms with Crippen molar-refractivity contribution in [1.29, 1.82) is 0 Å². The molecule has 110 valence electrons. The highest BCUT2D eigenvalue weighted by Gasteiger charge is 2.24. The molecule has 19 heavy (non-hydrogen) atoms. The Labute approximate surface area is 121 Å². The predicted octanol–water partition coefficient (Wildman–Crippen LogP) is 3.12. The van der Waals surface area contributed by atoms with E-state index >= 15 is 0 Å². The third-order valence-electron chi connectivity index (χ3n) is 2.96. The van der Waals surface area contributed by atoms with Crippen LogP contribution in [0.4, 0.5) is 4.79 Å². The zero-order valence-electron chi connectivity index (χ0n) is 12.2. The lowest BCUT2D eigenvalue weighted by atomic mass is 10.1. The molecule has 1 atom stereocenters. The Morgan fingerprint density at radius 1 is 1.42 bits per heavy atom. The maximum absolute atomic E-state index is 12.0. The van der Waals surface area contributed by atoms with Gasteiger partial charge in [0, 0.05) is 30.7 Å².